The molecule has 39 heavy (non-hydrogen) atoms. The van der Waals surface area contributed by atoms with E-state index in [1.807, 2.05) is 32.5 Å². The number of aryl methyl sites for hydroxylation is 1. The van der Waals surface area contributed by atoms with Crippen LogP contribution < -0.4 is 5.32 Å². The molecule has 1 atom stereocenters. The minimum Gasteiger partial charge on any atom is -0.355 e. The van der Waals surface area contributed by atoms with Crippen molar-refractivity contribution in [3.63, 3.8) is 0 Å². The van der Waals surface area contributed by atoms with Crippen molar-refractivity contribution in [3.8, 4) is 10.7 Å². The highest BCUT2D eigenvalue weighted by Crippen LogP contribution is 2.48. The van der Waals surface area contributed by atoms with E-state index < -0.39 is 10.0 Å². The third-order valence-corrected chi connectivity index (χ3v) is 13.5. The number of amides is 1. The molecule has 0 bridgehead atoms. The van der Waals surface area contributed by atoms with Gasteiger partial charge in [-0.25, -0.2) is 8.42 Å². The summed E-state index contributed by atoms with van der Waals surface area (Å²) in [5.41, 5.74) is 0.486. The Morgan fingerprint density at radius 1 is 1.18 bits per heavy atom. The van der Waals surface area contributed by atoms with Gasteiger partial charge < -0.3 is 9.84 Å². The second-order valence-electron chi connectivity index (χ2n) is 12.0. The molecule has 0 radical (unpaired) electrons. The number of hydrogen-bond acceptors (Lipinski definition) is 8. The number of nitrogens with zero attached hydrogens (tertiary/aromatic N) is 3. The third-order valence-electron chi connectivity index (χ3n) is 8.67. The Bertz CT molecular complexity index is 1240. The first-order valence-electron chi connectivity index (χ1n) is 14.5. The van der Waals surface area contributed by atoms with Gasteiger partial charge in [0.1, 0.15) is 0 Å². The minimum absolute atomic E-state index is 0.0818. The van der Waals surface area contributed by atoms with Crippen molar-refractivity contribution in [2.24, 2.45) is 11.3 Å². The Hall–Kier alpha value is -1.43. The Morgan fingerprint density at radius 3 is 2.54 bits per heavy atom. The maximum atomic E-state index is 13.5. The molecular formula is C28H42N4O4S3. The first kappa shape index (κ1) is 29.1. The fourth-order valence-corrected chi connectivity index (χ4v) is 10.9. The number of piperidine rings is 1. The van der Waals surface area contributed by atoms with Gasteiger partial charge in [0.2, 0.25) is 27.6 Å². The van der Waals surface area contributed by atoms with Crippen LogP contribution in [0.2, 0.25) is 0 Å². The predicted molar refractivity (Wildman–Crippen MR) is 157 cm³/mol. The van der Waals surface area contributed by atoms with Crippen molar-refractivity contribution in [2.45, 2.75) is 101 Å². The molecular weight excluding hydrogens is 553 g/mol. The highest BCUT2D eigenvalue weighted by atomic mass is 32.2. The lowest BCUT2D eigenvalue weighted by atomic mass is 9.75. The van der Waals surface area contributed by atoms with E-state index in [1.165, 1.54) is 72.8 Å². The second-order valence-corrected chi connectivity index (χ2v) is 16.4. The maximum Gasteiger partial charge on any atom is 0.244 e. The zero-order valence-electron chi connectivity index (χ0n) is 23.4. The molecule has 4 heterocycles. The average Bonchev–Trinajstić information content (AvgIpc) is 3.64. The summed E-state index contributed by atoms with van der Waals surface area (Å²) in [6.07, 6.45) is 11.8. The van der Waals surface area contributed by atoms with Crippen LogP contribution in [0.1, 0.15) is 94.7 Å². The van der Waals surface area contributed by atoms with Gasteiger partial charge in [0, 0.05) is 41.6 Å². The summed E-state index contributed by atoms with van der Waals surface area (Å²) in [6.45, 7) is 7.19. The van der Waals surface area contributed by atoms with Gasteiger partial charge in [-0.3, -0.25) is 4.79 Å². The van der Waals surface area contributed by atoms with Gasteiger partial charge in [-0.1, -0.05) is 51.1 Å². The van der Waals surface area contributed by atoms with Crippen LogP contribution in [-0.4, -0.2) is 59.4 Å². The molecule has 2 saturated heterocycles. The topological polar surface area (TPSA) is 105 Å². The van der Waals surface area contributed by atoms with E-state index in [-0.39, 0.29) is 17.7 Å². The number of thioether (sulfide) groups is 1. The number of carbonyl (C=O) groups excluding carboxylic acids is 1. The summed E-state index contributed by atoms with van der Waals surface area (Å²) >= 11 is 3.40. The molecule has 11 heteroatoms. The van der Waals surface area contributed by atoms with Crippen molar-refractivity contribution in [3.05, 3.63) is 16.8 Å². The first-order chi connectivity index (χ1) is 18.7. The van der Waals surface area contributed by atoms with E-state index in [4.69, 9.17) is 4.52 Å². The van der Waals surface area contributed by atoms with Crippen LogP contribution in [0.4, 0.5) is 0 Å². The zero-order valence-corrected chi connectivity index (χ0v) is 25.9. The van der Waals surface area contributed by atoms with E-state index in [2.05, 4.69) is 15.5 Å². The SMILES string of the molecule is Cc1sc(-c2noc(C(C)C)n2)cc1S(=O)(=O)N1CCC(C(=O)NCC2CC3(CCCCCCC3)CS2)CC1. The molecule has 1 spiro atoms. The van der Waals surface area contributed by atoms with Crippen LogP contribution in [0.5, 0.6) is 0 Å². The normalized spacial score (nSPS) is 23.2. The summed E-state index contributed by atoms with van der Waals surface area (Å²) in [5.74, 6) is 2.24. The molecule has 2 aromatic heterocycles. The summed E-state index contributed by atoms with van der Waals surface area (Å²) < 4.78 is 33.8. The largest absolute Gasteiger partial charge is 0.355 e. The highest BCUT2D eigenvalue weighted by Gasteiger charge is 2.40. The van der Waals surface area contributed by atoms with E-state index >= 15 is 0 Å². The summed E-state index contributed by atoms with van der Waals surface area (Å²) in [6, 6.07) is 1.66. The first-order valence-corrected chi connectivity index (χ1v) is 17.8. The van der Waals surface area contributed by atoms with Crippen molar-refractivity contribution in [2.75, 3.05) is 25.4 Å². The Morgan fingerprint density at radius 2 is 1.87 bits per heavy atom. The molecule has 1 saturated carbocycles. The van der Waals surface area contributed by atoms with E-state index in [0.29, 0.717) is 63.0 Å². The minimum atomic E-state index is -3.66. The maximum absolute atomic E-state index is 13.5. The number of aromatic nitrogens is 2. The standard InChI is InChI=1S/C28H42N4O4S3/c1-19(2)27-30-25(31-36-27)23-15-24(20(3)38-23)39(34,35)32-13-9-21(10-14-32)26(33)29-17-22-16-28(18-37-22)11-7-5-4-6-8-12-28/h15,19,21-22H,4-14,16-18H2,1-3H3,(H,29,33). The molecule has 3 fully saturated rings. The summed E-state index contributed by atoms with van der Waals surface area (Å²) in [5, 5.41) is 7.76. The van der Waals surface area contributed by atoms with E-state index in [0.717, 1.165) is 6.54 Å². The monoisotopic (exact) mass is 594 g/mol. The van der Waals surface area contributed by atoms with Crippen LogP contribution in [0.3, 0.4) is 0 Å². The number of rotatable bonds is 7. The molecule has 2 aromatic rings. The van der Waals surface area contributed by atoms with E-state index in [1.54, 1.807) is 6.07 Å². The van der Waals surface area contributed by atoms with Gasteiger partial charge in [-0.2, -0.15) is 21.1 Å². The van der Waals surface area contributed by atoms with Gasteiger partial charge in [0.25, 0.3) is 0 Å². The molecule has 1 amide bonds. The second kappa shape index (κ2) is 12.2. The fraction of sp³-hybridized carbons (Fsp3) is 0.750. The summed E-state index contributed by atoms with van der Waals surface area (Å²) in [7, 11) is -3.66. The van der Waals surface area contributed by atoms with Gasteiger partial charge in [-0.15, -0.1) is 11.3 Å². The van der Waals surface area contributed by atoms with Gasteiger partial charge >= 0.3 is 0 Å². The smallest absolute Gasteiger partial charge is 0.244 e. The molecule has 1 aliphatic carbocycles. The van der Waals surface area contributed by atoms with Gasteiger partial charge in [0.05, 0.1) is 9.77 Å². The van der Waals surface area contributed by atoms with Crippen molar-refractivity contribution >= 4 is 39.0 Å². The molecule has 0 aromatic carbocycles. The quantitative estimate of drug-likeness (QED) is 0.420. The predicted octanol–water partition coefficient (Wildman–Crippen LogP) is 5.98. The van der Waals surface area contributed by atoms with Crippen LogP contribution in [0.25, 0.3) is 10.7 Å². The van der Waals surface area contributed by atoms with Crippen LogP contribution in [0.15, 0.2) is 15.5 Å². The average molecular weight is 595 g/mol. The van der Waals surface area contributed by atoms with E-state index in [9.17, 15) is 13.2 Å². The van der Waals surface area contributed by atoms with Crippen LogP contribution in [0, 0.1) is 18.3 Å². The number of sulfonamides is 1. The number of hydrogen-bond donors (Lipinski definition) is 1. The lowest BCUT2D eigenvalue weighted by Gasteiger charge is -2.31. The molecule has 1 N–H and O–H groups in total. The van der Waals surface area contributed by atoms with Gasteiger partial charge in [0.15, 0.2) is 0 Å². The highest BCUT2D eigenvalue weighted by molar-refractivity contribution is 8.00. The molecule has 5 rings (SSSR count). The van der Waals surface area contributed by atoms with Crippen molar-refractivity contribution < 1.29 is 17.7 Å². The third kappa shape index (κ3) is 6.57. The van der Waals surface area contributed by atoms with Crippen molar-refractivity contribution in [1.29, 1.82) is 0 Å². The molecule has 8 nitrogen and oxygen atoms in total. The fourth-order valence-electron chi connectivity index (χ4n) is 6.29. The number of carbonyl (C=O) groups is 1. The summed E-state index contributed by atoms with van der Waals surface area (Å²) in [4.78, 5) is 19.1. The Labute approximate surface area is 241 Å². The number of thiophene rings is 1. The lowest BCUT2D eigenvalue weighted by molar-refractivity contribution is -0.126. The van der Waals surface area contributed by atoms with Crippen molar-refractivity contribution in [1.82, 2.24) is 19.8 Å². The molecule has 3 aliphatic rings. The zero-order chi connectivity index (χ0) is 27.6. The Balaban J connectivity index is 1.13. The molecule has 2 aliphatic heterocycles. The van der Waals surface area contributed by atoms with Gasteiger partial charge in [-0.05, 0) is 56.3 Å². The number of nitrogens with one attached hydrogen (secondary N) is 1. The molecule has 216 valence electrons. The lowest BCUT2D eigenvalue weighted by Crippen LogP contribution is -2.44. The van der Waals surface area contributed by atoms with Crippen LogP contribution in [-0.2, 0) is 14.8 Å². The van der Waals surface area contributed by atoms with Crippen LogP contribution >= 0.6 is 23.1 Å². The molecule has 1 unspecified atom stereocenters. The Kier molecular flexibility index (Phi) is 9.10.